The van der Waals surface area contributed by atoms with Crippen molar-refractivity contribution in [3.05, 3.63) is 35.9 Å². The van der Waals surface area contributed by atoms with Gasteiger partial charge in [0.15, 0.2) is 0 Å². The molecule has 0 N–H and O–H groups in total. The minimum absolute atomic E-state index is 0.102. The molecular formula is C17H26O2. The molecule has 0 aliphatic carbocycles. The molecule has 0 spiro atoms. The molecule has 0 bridgehead atoms. The summed E-state index contributed by atoms with van der Waals surface area (Å²) < 4.78 is 5.45. The lowest BCUT2D eigenvalue weighted by Crippen LogP contribution is -2.28. The third-order valence-corrected chi connectivity index (χ3v) is 3.23. The number of rotatable bonds is 6. The zero-order valence-corrected chi connectivity index (χ0v) is 12.6. The lowest BCUT2D eigenvalue weighted by atomic mass is 9.76. The average molecular weight is 262 g/mol. The summed E-state index contributed by atoms with van der Waals surface area (Å²) in [5.74, 6) is -0.301. The zero-order valence-electron chi connectivity index (χ0n) is 12.6. The van der Waals surface area contributed by atoms with Crippen molar-refractivity contribution in [1.29, 1.82) is 0 Å². The van der Waals surface area contributed by atoms with E-state index in [1.165, 1.54) is 0 Å². The van der Waals surface area contributed by atoms with E-state index in [1.54, 1.807) is 0 Å². The highest BCUT2D eigenvalue weighted by Gasteiger charge is 2.33. The Morgan fingerprint density at radius 3 is 2.32 bits per heavy atom. The van der Waals surface area contributed by atoms with Gasteiger partial charge in [0.2, 0.25) is 0 Å². The van der Waals surface area contributed by atoms with Crippen LogP contribution in [0.2, 0.25) is 0 Å². The fourth-order valence-electron chi connectivity index (χ4n) is 2.24. The Hall–Kier alpha value is -1.31. The molecule has 2 nitrogen and oxygen atoms in total. The van der Waals surface area contributed by atoms with Crippen LogP contribution in [0.3, 0.4) is 0 Å². The van der Waals surface area contributed by atoms with Gasteiger partial charge >= 0.3 is 5.97 Å². The van der Waals surface area contributed by atoms with Crippen molar-refractivity contribution in [3.63, 3.8) is 0 Å². The van der Waals surface area contributed by atoms with Crippen molar-refractivity contribution in [2.24, 2.45) is 5.41 Å². The van der Waals surface area contributed by atoms with Crippen molar-refractivity contribution in [1.82, 2.24) is 0 Å². The van der Waals surface area contributed by atoms with E-state index < -0.39 is 0 Å². The van der Waals surface area contributed by atoms with Gasteiger partial charge < -0.3 is 4.74 Å². The Kier molecular flexibility index (Phi) is 6.07. The second-order valence-corrected chi connectivity index (χ2v) is 6.08. The summed E-state index contributed by atoms with van der Waals surface area (Å²) in [5, 5.41) is 0. The number of carbonyl (C=O) groups excluding carboxylic acids is 1. The molecule has 0 saturated carbocycles. The molecule has 19 heavy (non-hydrogen) atoms. The van der Waals surface area contributed by atoms with E-state index in [0.717, 1.165) is 24.8 Å². The number of esters is 1. The first-order chi connectivity index (χ1) is 8.96. The third-order valence-electron chi connectivity index (χ3n) is 3.23. The molecule has 0 aliphatic rings. The van der Waals surface area contributed by atoms with Gasteiger partial charge in [0.25, 0.3) is 0 Å². The minimum Gasteiger partial charge on any atom is -0.465 e. The van der Waals surface area contributed by atoms with E-state index in [2.05, 4.69) is 27.7 Å². The van der Waals surface area contributed by atoms with Crippen LogP contribution in [0.1, 0.15) is 58.4 Å². The predicted octanol–water partition coefficient (Wildman–Crippen LogP) is 4.55. The number of ether oxygens (including phenoxy) is 1. The maximum atomic E-state index is 12.3. The van der Waals surface area contributed by atoms with Crippen molar-refractivity contribution < 1.29 is 9.53 Å². The predicted molar refractivity (Wildman–Crippen MR) is 79.1 cm³/mol. The van der Waals surface area contributed by atoms with Crippen LogP contribution in [0.4, 0.5) is 0 Å². The summed E-state index contributed by atoms with van der Waals surface area (Å²) in [5.41, 5.74) is 0.902. The zero-order chi connectivity index (χ0) is 14.3. The van der Waals surface area contributed by atoms with Crippen molar-refractivity contribution in [2.75, 3.05) is 6.61 Å². The number of hydrogen-bond acceptors (Lipinski definition) is 2. The maximum absolute atomic E-state index is 12.3. The number of unbranched alkanes of at least 4 members (excludes halogenated alkanes) is 2. The Morgan fingerprint density at radius 1 is 1.16 bits per heavy atom. The van der Waals surface area contributed by atoms with Gasteiger partial charge in [-0.25, -0.2) is 0 Å². The highest BCUT2D eigenvalue weighted by Crippen LogP contribution is 2.35. The second kappa shape index (κ2) is 7.32. The van der Waals surface area contributed by atoms with Crippen LogP contribution in [0, 0.1) is 5.41 Å². The van der Waals surface area contributed by atoms with E-state index in [1.807, 2.05) is 30.3 Å². The number of benzene rings is 1. The van der Waals surface area contributed by atoms with Crippen LogP contribution in [-0.2, 0) is 9.53 Å². The van der Waals surface area contributed by atoms with E-state index in [0.29, 0.717) is 6.61 Å². The van der Waals surface area contributed by atoms with Gasteiger partial charge in [0, 0.05) is 0 Å². The standard InChI is InChI=1S/C17H26O2/c1-5-6-10-13-19-16(18)15(17(2,3)4)14-11-8-7-9-12-14/h7-9,11-12,15H,5-6,10,13H2,1-4H3/t15-/m0/s1. The van der Waals surface area contributed by atoms with Gasteiger partial charge in [-0.15, -0.1) is 0 Å². The van der Waals surface area contributed by atoms with Gasteiger partial charge in [-0.05, 0) is 17.4 Å². The quantitative estimate of drug-likeness (QED) is 0.555. The Bertz CT molecular complexity index is 376. The van der Waals surface area contributed by atoms with E-state index in [-0.39, 0.29) is 17.3 Å². The molecule has 0 fully saturated rings. The highest BCUT2D eigenvalue weighted by molar-refractivity contribution is 5.79. The molecule has 1 aromatic carbocycles. The van der Waals surface area contributed by atoms with Gasteiger partial charge in [-0.1, -0.05) is 70.9 Å². The summed E-state index contributed by atoms with van der Waals surface area (Å²) in [6, 6.07) is 9.92. The first-order valence-electron chi connectivity index (χ1n) is 7.18. The van der Waals surface area contributed by atoms with Crippen LogP contribution in [0.15, 0.2) is 30.3 Å². The fraction of sp³-hybridized carbons (Fsp3) is 0.588. The van der Waals surface area contributed by atoms with Crippen LogP contribution < -0.4 is 0 Å². The number of carbonyl (C=O) groups is 1. The SMILES string of the molecule is CCCCCOC(=O)[C@H](c1ccccc1)C(C)(C)C. The second-order valence-electron chi connectivity index (χ2n) is 6.08. The molecule has 0 radical (unpaired) electrons. The maximum Gasteiger partial charge on any atom is 0.313 e. The molecule has 0 heterocycles. The summed E-state index contributed by atoms with van der Waals surface area (Å²) in [6.45, 7) is 8.92. The number of hydrogen-bond donors (Lipinski definition) is 0. The Morgan fingerprint density at radius 2 is 1.79 bits per heavy atom. The molecule has 0 unspecified atom stereocenters. The van der Waals surface area contributed by atoms with Gasteiger partial charge in [-0.3, -0.25) is 4.79 Å². The molecule has 0 saturated heterocycles. The molecule has 0 amide bonds. The monoisotopic (exact) mass is 262 g/mol. The van der Waals surface area contributed by atoms with Crippen molar-refractivity contribution in [2.45, 2.75) is 52.9 Å². The van der Waals surface area contributed by atoms with E-state index >= 15 is 0 Å². The minimum atomic E-state index is -0.199. The summed E-state index contributed by atoms with van der Waals surface area (Å²) in [6.07, 6.45) is 3.20. The molecule has 1 rings (SSSR count). The average Bonchev–Trinajstić information content (AvgIpc) is 2.34. The molecule has 106 valence electrons. The van der Waals surface area contributed by atoms with Gasteiger partial charge in [0.1, 0.15) is 0 Å². The molecule has 0 aromatic heterocycles. The van der Waals surface area contributed by atoms with Crippen LogP contribution in [0.25, 0.3) is 0 Å². The summed E-state index contributed by atoms with van der Waals surface area (Å²) in [4.78, 5) is 12.3. The largest absolute Gasteiger partial charge is 0.465 e. The topological polar surface area (TPSA) is 26.3 Å². The lowest BCUT2D eigenvalue weighted by Gasteiger charge is -2.29. The molecule has 0 aliphatic heterocycles. The Balaban J connectivity index is 2.73. The van der Waals surface area contributed by atoms with Crippen molar-refractivity contribution >= 4 is 5.97 Å². The first kappa shape index (κ1) is 15.7. The lowest BCUT2D eigenvalue weighted by molar-refractivity contribution is -0.148. The Labute approximate surface area is 117 Å². The molecule has 2 heteroatoms. The normalized spacial score (nSPS) is 13.1. The van der Waals surface area contributed by atoms with E-state index in [4.69, 9.17) is 4.74 Å². The highest BCUT2D eigenvalue weighted by atomic mass is 16.5. The third kappa shape index (κ3) is 5.06. The van der Waals surface area contributed by atoms with Crippen LogP contribution >= 0.6 is 0 Å². The summed E-state index contributed by atoms with van der Waals surface area (Å²) >= 11 is 0. The molecule has 1 atom stereocenters. The van der Waals surface area contributed by atoms with Crippen LogP contribution in [-0.4, -0.2) is 12.6 Å². The van der Waals surface area contributed by atoms with Gasteiger partial charge in [0.05, 0.1) is 12.5 Å². The molecular weight excluding hydrogens is 236 g/mol. The van der Waals surface area contributed by atoms with Crippen molar-refractivity contribution in [3.8, 4) is 0 Å². The van der Waals surface area contributed by atoms with Crippen LogP contribution in [0.5, 0.6) is 0 Å². The smallest absolute Gasteiger partial charge is 0.313 e. The molecule has 1 aromatic rings. The van der Waals surface area contributed by atoms with Gasteiger partial charge in [-0.2, -0.15) is 0 Å². The fourth-order valence-corrected chi connectivity index (χ4v) is 2.24. The first-order valence-corrected chi connectivity index (χ1v) is 7.18. The van der Waals surface area contributed by atoms with E-state index in [9.17, 15) is 4.79 Å². The summed E-state index contributed by atoms with van der Waals surface area (Å²) in [7, 11) is 0.